The predicted molar refractivity (Wildman–Crippen MR) is 95.4 cm³/mol. The molecule has 10 heteroatoms. The molecule has 0 atom stereocenters. The molecule has 3 rings (SSSR count). The third-order valence-corrected chi connectivity index (χ3v) is 6.82. The molecule has 0 amide bonds. The van der Waals surface area contributed by atoms with Crippen LogP contribution in [-0.4, -0.2) is 62.8 Å². The number of nitrogens with zero attached hydrogens (tertiary/aromatic N) is 5. The van der Waals surface area contributed by atoms with Crippen LogP contribution in [0.5, 0.6) is 0 Å². The summed E-state index contributed by atoms with van der Waals surface area (Å²) in [4.78, 5) is 12.9. The number of sulfonamides is 1. The van der Waals surface area contributed by atoms with Crippen LogP contribution < -0.4 is 0 Å². The number of carbonyl (C=O) groups excluding carboxylic acids is 1. The summed E-state index contributed by atoms with van der Waals surface area (Å²) in [7, 11) is -3.81. The van der Waals surface area contributed by atoms with E-state index in [1.54, 1.807) is 31.7 Å². The fourth-order valence-electron chi connectivity index (χ4n) is 2.76. The number of hydrogen-bond acceptors (Lipinski definition) is 6. The molecule has 1 aliphatic rings. The van der Waals surface area contributed by atoms with Gasteiger partial charge in [-0.2, -0.15) is 26.3 Å². The summed E-state index contributed by atoms with van der Waals surface area (Å²) in [6, 6.07) is 1.78. The fourth-order valence-corrected chi connectivity index (χ4v) is 5.43. The molecule has 0 saturated carbocycles. The van der Waals surface area contributed by atoms with E-state index < -0.39 is 15.9 Å². The van der Waals surface area contributed by atoms with Crippen LogP contribution in [0.15, 0.2) is 17.3 Å². The lowest BCUT2D eigenvalue weighted by molar-refractivity contribution is 0.0939. The second kappa shape index (κ2) is 6.93. The molecule has 25 heavy (non-hydrogen) atoms. The standard InChI is InChI=1S/C15H21N5O3S2/c1-4-18-10-13(15(21)20-12(3)9-11(2)16-20)14(17-18)25(22,23)19-5-7-24-8-6-19/h9-10H,4-8H2,1-3H3. The molecule has 8 nitrogen and oxygen atoms in total. The van der Waals surface area contributed by atoms with Crippen LogP contribution in [0.3, 0.4) is 0 Å². The zero-order chi connectivity index (χ0) is 18.2. The highest BCUT2D eigenvalue weighted by Crippen LogP contribution is 2.23. The van der Waals surface area contributed by atoms with E-state index in [1.807, 2.05) is 6.92 Å². The molecule has 0 spiro atoms. The average Bonchev–Trinajstić information content (AvgIpc) is 3.18. The van der Waals surface area contributed by atoms with E-state index in [-0.39, 0.29) is 10.6 Å². The lowest BCUT2D eigenvalue weighted by Crippen LogP contribution is -2.38. The van der Waals surface area contributed by atoms with Gasteiger partial charge in [-0.15, -0.1) is 0 Å². The minimum Gasteiger partial charge on any atom is -0.271 e. The normalized spacial score (nSPS) is 16.3. The van der Waals surface area contributed by atoms with Crippen molar-refractivity contribution in [2.75, 3.05) is 24.6 Å². The van der Waals surface area contributed by atoms with E-state index in [2.05, 4.69) is 10.2 Å². The Kier molecular flexibility index (Phi) is 5.03. The van der Waals surface area contributed by atoms with Crippen LogP contribution in [0.4, 0.5) is 0 Å². The SMILES string of the molecule is CCn1cc(C(=O)n2nc(C)cc2C)c(S(=O)(=O)N2CCSCC2)n1. The van der Waals surface area contributed by atoms with Crippen LogP contribution in [0.2, 0.25) is 0 Å². The van der Waals surface area contributed by atoms with Crippen molar-refractivity contribution in [1.82, 2.24) is 23.9 Å². The van der Waals surface area contributed by atoms with Crippen molar-refractivity contribution in [1.29, 1.82) is 0 Å². The minimum absolute atomic E-state index is 0.0614. The third kappa shape index (κ3) is 3.38. The van der Waals surface area contributed by atoms with E-state index in [0.717, 1.165) is 11.5 Å². The van der Waals surface area contributed by atoms with Crippen molar-refractivity contribution >= 4 is 27.7 Å². The number of hydrogen-bond donors (Lipinski definition) is 0. The van der Waals surface area contributed by atoms with Gasteiger partial charge in [0.1, 0.15) is 5.56 Å². The Labute approximate surface area is 151 Å². The maximum Gasteiger partial charge on any atom is 0.283 e. The van der Waals surface area contributed by atoms with Crippen LogP contribution in [0.25, 0.3) is 0 Å². The summed E-state index contributed by atoms with van der Waals surface area (Å²) in [5.74, 6) is 1.01. The maximum atomic E-state index is 13.0. The Morgan fingerprint density at radius 3 is 2.48 bits per heavy atom. The van der Waals surface area contributed by atoms with Gasteiger partial charge in [0.2, 0.25) is 5.03 Å². The number of carbonyl (C=O) groups is 1. The van der Waals surface area contributed by atoms with Gasteiger partial charge in [-0.05, 0) is 26.8 Å². The van der Waals surface area contributed by atoms with Crippen LogP contribution in [0.1, 0.15) is 28.7 Å². The average molecular weight is 383 g/mol. The van der Waals surface area contributed by atoms with Crippen molar-refractivity contribution < 1.29 is 13.2 Å². The monoisotopic (exact) mass is 383 g/mol. The molecule has 1 aliphatic heterocycles. The van der Waals surface area contributed by atoms with Gasteiger partial charge in [0.15, 0.2) is 0 Å². The van der Waals surface area contributed by atoms with Crippen molar-refractivity contribution in [3.8, 4) is 0 Å². The van der Waals surface area contributed by atoms with Gasteiger partial charge in [0.05, 0.1) is 5.69 Å². The summed E-state index contributed by atoms with van der Waals surface area (Å²) in [5.41, 5.74) is 1.42. The second-order valence-corrected chi connectivity index (χ2v) is 8.94. The van der Waals surface area contributed by atoms with Crippen molar-refractivity contribution in [2.45, 2.75) is 32.3 Å². The summed E-state index contributed by atoms with van der Waals surface area (Å²) in [6.45, 7) is 6.73. The maximum absolute atomic E-state index is 13.0. The van der Waals surface area contributed by atoms with Gasteiger partial charge in [0, 0.05) is 43.0 Å². The first kappa shape index (κ1) is 18.2. The Morgan fingerprint density at radius 1 is 1.24 bits per heavy atom. The molecule has 0 unspecified atom stereocenters. The number of aryl methyl sites for hydroxylation is 3. The molecule has 2 aromatic rings. The van der Waals surface area contributed by atoms with Gasteiger partial charge in [-0.25, -0.2) is 13.1 Å². The van der Waals surface area contributed by atoms with Gasteiger partial charge in [-0.3, -0.25) is 9.48 Å². The highest BCUT2D eigenvalue weighted by atomic mass is 32.2. The molecule has 2 aromatic heterocycles. The number of aromatic nitrogens is 4. The number of rotatable bonds is 4. The van der Waals surface area contributed by atoms with Crippen LogP contribution >= 0.6 is 11.8 Å². The predicted octanol–water partition coefficient (Wildman–Crippen LogP) is 1.14. The van der Waals surface area contributed by atoms with Crippen LogP contribution in [0, 0.1) is 13.8 Å². The summed E-state index contributed by atoms with van der Waals surface area (Å²) < 4.78 is 30.2. The lowest BCUT2D eigenvalue weighted by Gasteiger charge is -2.24. The van der Waals surface area contributed by atoms with E-state index in [9.17, 15) is 13.2 Å². The fraction of sp³-hybridized carbons (Fsp3) is 0.533. The molecule has 136 valence electrons. The first-order valence-electron chi connectivity index (χ1n) is 8.08. The zero-order valence-electron chi connectivity index (χ0n) is 14.5. The van der Waals surface area contributed by atoms with E-state index >= 15 is 0 Å². The summed E-state index contributed by atoms with van der Waals surface area (Å²) in [6.07, 6.45) is 1.49. The first-order chi connectivity index (χ1) is 11.8. The largest absolute Gasteiger partial charge is 0.283 e. The van der Waals surface area contributed by atoms with Crippen molar-refractivity contribution in [2.24, 2.45) is 0 Å². The van der Waals surface area contributed by atoms with Gasteiger partial charge < -0.3 is 0 Å². The summed E-state index contributed by atoms with van der Waals surface area (Å²) in [5, 5.41) is 8.17. The molecular formula is C15H21N5O3S2. The molecule has 3 heterocycles. The smallest absolute Gasteiger partial charge is 0.271 e. The van der Waals surface area contributed by atoms with Gasteiger partial charge in [-0.1, -0.05) is 0 Å². The Balaban J connectivity index is 2.07. The molecule has 1 saturated heterocycles. The van der Waals surface area contributed by atoms with E-state index in [4.69, 9.17) is 0 Å². The zero-order valence-corrected chi connectivity index (χ0v) is 16.1. The van der Waals surface area contributed by atoms with E-state index in [0.29, 0.717) is 31.0 Å². The van der Waals surface area contributed by atoms with Crippen molar-refractivity contribution in [3.63, 3.8) is 0 Å². The highest BCUT2D eigenvalue weighted by molar-refractivity contribution is 7.99. The third-order valence-electron chi connectivity index (χ3n) is 4.04. The van der Waals surface area contributed by atoms with E-state index in [1.165, 1.54) is 19.9 Å². The molecule has 0 aromatic carbocycles. The Hall–Kier alpha value is -1.65. The number of thioether (sulfide) groups is 1. The molecule has 1 fully saturated rings. The Morgan fingerprint density at radius 2 is 1.92 bits per heavy atom. The van der Waals surface area contributed by atoms with Crippen molar-refractivity contribution in [3.05, 3.63) is 29.2 Å². The minimum atomic E-state index is -3.81. The molecular weight excluding hydrogens is 362 g/mol. The molecule has 0 aliphatic carbocycles. The van der Waals surface area contributed by atoms with Gasteiger partial charge in [0.25, 0.3) is 15.9 Å². The highest BCUT2D eigenvalue weighted by Gasteiger charge is 2.34. The first-order valence-corrected chi connectivity index (χ1v) is 10.7. The molecule has 0 bridgehead atoms. The molecule has 0 radical (unpaired) electrons. The van der Waals surface area contributed by atoms with Crippen LogP contribution in [-0.2, 0) is 16.6 Å². The summed E-state index contributed by atoms with van der Waals surface area (Å²) >= 11 is 1.72. The lowest BCUT2D eigenvalue weighted by atomic mass is 10.3. The topological polar surface area (TPSA) is 90.1 Å². The Bertz CT molecular complexity index is 894. The van der Waals surface area contributed by atoms with Gasteiger partial charge >= 0.3 is 0 Å². The second-order valence-electron chi connectivity index (χ2n) is 5.86. The molecule has 0 N–H and O–H groups in total. The quantitative estimate of drug-likeness (QED) is 0.786.